The Hall–Kier alpha value is -3.06. The van der Waals surface area contributed by atoms with Crippen molar-refractivity contribution in [1.29, 1.82) is 0 Å². The standard InChI is InChI=1S/C24H28N2O5/c1-24(2,3)31-23(29)26-13-12-25(14-21(26)27)22(28)30-15-20-18-10-6-4-8-16(18)17-9-5-7-11-19(17)20/h4-11,20-21,27H,12-15H2,1-3H3/t21-/m0/s1. The fourth-order valence-corrected chi connectivity index (χ4v) is 4.15. The van der Waals surface area contributed by atoms with E-state index in [-0.39, 0.29) is 32.2 Å². The van der Waals surface area contributed by atoms with Crippen molar-refractivity contribution in [2.45, 2.75) is 38.5 Å². The highest BCUT2D eigenvalue weighted by atomic mass is 16.6. The molecule has 7 nitrogen and oxygen atoms in total. The van der Waals surface area contributed by atoms with Gasteiger partial charge in [0.05, 0.1) is 6.54 Å². The van der Waals surface area contributed by atoms with Gasteiger partial charge in [-0.15, -0.1) is 0 Å². The molecular formula is C24H28N2O5. The van der Waals surface area contributed by atoms with Crippen LogP contribution < -0.4 is 0 Å². The average Bonchev–Trinajstić information content (AvgIpc) is 3.04. The number of β-amino-alcohol motifs (C(OH)–C–C–N with tert-alkyl or cyclic N) is 1. The normalized spacial score (nSPS) is 18.4. The summed E-state index contributed by atoms with van der Waals surface area (Å²) in [6.45, 7) is 5.96. The molecule has 2 amide bonds. The van der Waals surface area contributed by atoms with Crippen molar-refractivity contribution in [3.63, 3.8) is 0 Å². The van der Waals surface area contributed by atoms with E-state index in [1.165, 1.54) is 20.9 Å². The monoisotopic (exact) mass is 424 g/mol. The van der Waals surface area contributed by atoms with Crippen LogP contribution in [0.5, 0.6) is 0 Å². The van der Waals surface area contributed by atoms with Crippen LogP contribution in [-0.4, -0.2) is 65.2 Å². The zero-order chi connectivity index (χ0) is 22.2. The Labute approximate surface area is 182 Å². The van der Waals surface area contributed by atoms with Crippen LogP contribution in [0.25, 0.3) is 11.1 Å². The lowest BCUT2D eigenvalue weighted by molar-refractivity contribution is -0.0630. The molecule has 1 saturated heterocycles. The van der Waals surface area contributed by atoms with Gasteiger partial charge in [-0.2, -0.15) is 0 Å². The maximum absolute atomic E-state index is 12.7. The number of aliphatic hydroxyl groups is 1. The molecule has 1 fully saturated rings. The zero-order valence-corrected chi connectivity index (χ0v) is 18.1. The maximum atomic E-state index is 12.7. The minimum Gasteiger partial charge on any atom is -0.448 e. The first-order valence-electron chi connectivity index (χ1n) is 10.5. The Bertz CT molecular complexity index is 938. The first-order chi connectivity index (χ1) is 14.7. The van der Waals surface area contributed by atoms with Crippen molar-refractivity contribution in [2.75, 3.05) is 26.2 Å². The van der Waals surface area contributed by atoms with Gasteiger partial charge in [0, 0.05) is 19.0 Å². The number of carbonyl (C=O) groups is 2. The second kappa shape index (κ2) is 8.23. The summed E-state index contributed by atoms with van der Waals surface area (Å²) in [5, 5.41) is 10.4. The van der Waals surface area contributed by atoms with Gasteiger partial charge < -0.3 is 19.5 Å². The summed E-state index contributed by atoms with van der Waals surface area (Å²) in [6.07, 6.45) is -2.22. The van der Waals surface area contributed by atoms with Crippen molar-refractivity contribution in [1.82, 2.24) is 9.80 Å². The molecule has 0 unspecified atom stereocenters. The van der Waals surface area contributed by atoms with Crippen LogP contribution >= 0.6 is 0 Å². The molecule has 2 aliphatic rings. The van der Waals surface area contributed by atoms with Gasteiger partial charge in [0.1, 0.15) is 18.4 Å². The Kier molecular flexibility index (Phi) is 5.62. The minimum atomic E-state index is -1.14. The van der Waals surface area contributed by atoms with E-state index in [1.54, 1.807) is 20.8 Å². The number of amides is 2. The number of ether oxygens (including phenoxy) is 2. The average molecular weight is 424 g/mol. The van der Waals surface area contributed by atoms with Crippen LogP contribution in [-0.2, 0) is 9.47 Å². The second-order valence-corrected chi connectivity index (χ2v) is 8.90. The van der Waals surface area contributed by atoms with E-state index >= 15 is 0 Å². The van der Waals surface area contributed by atoms with Crippen molar-refractivity contribution < 1.29 is 24.2 Å². The summed E-state index contributed by atoms with van der Waals surface area (Å²) < 4.78 is 11.0. The number of benzene rings is 2. The third-order valence-electron chi connectivity index (χ3n) is 5.58. The van der Waals surface area contributed by atoms with E-state index in [9.17, 15) is 14.7 Å². The third-order valence-corrected chi connectivity index (χ3v) is 5.58. The number of fused-ring (bicyclic) bond motifs is 3. The molecule has 0 spiro atoms. The third kappa shape index (κ3) is 4.37. The van der Waals surface area contributed by atoms with Gasteiger partial charge in [0.15, 0.2) is 0 Å². The molecule has 31 heavy (non-hydrogen) atoms. The number of nitrogens with zero attached hydrogens (tertiary/aromatic N) is 2. The summed E-state index contributed by atoms with van der Waals surface area (Å²) in [4.78, 5) is 27.6. The van der Waals surface area contributed by atoms with Gasteiger partial charge in [0.25, 0.3) is 0 Å². The highest BCUT2D eigenvalue weighted by Gasteiger charge is 2.35. The van der Waals surface area contributed by atoms with E-state index in [2.05, 4.69) is 24.3 Å². The first-order valence-corrected chi connectivity index (χ1v) is 10.5. The predicted molar refractivity (Wildman–Crippen MR) is 116 cm³/mol. The van der Waals surface area contributed by atoms with Crippen LogP contribution in [0.3, 0.4) is 0 Å². The predicted octanol–water partition coefficient (Wildman–Crippen LogP) is 3.81. The SMILES string of the molecule is CC(C)(C)OC(=O)N1CCN(C(=O)OCC2c3ccccc3-c3ccccc32)C[C@@H]1O. The van der Waals surface area contributed by atoms with Crippen molar-refractivity contribution in [2.24, 2.45) is 0 Å². The van der Waals surface area contributed by atoms with Gasteiger partial charge in [0.2, 0.25) is 0 Å². The quantitative estimate of drug-likeness (QED) is 0.793. The molecule has 0 aromatic heterocycles. The fourth-order valence-electron chi connectivity index (χ4n) is 4.15. The zero-order valence-electron chi connectivity index (χ0n) is 18.1. The fraction of sp³-hybridized carbons (Fsp3) is 0.417. The van der Waals surface area contributed by atoms with Crippen LogP contribution in [0.4, 0.5) is 9.59 Å². The van der Waals surface area contributed by atoms with E-state index in [1.807, 2.05) is 24.3 Å². The van der Waals surface area contributed by atoms with Gasteiger partial charge in [-0.05, 0) is 43.0 Å². The maximum Gasteiger partial charge on any atom is 0.412 e. The van der Waals surface area contributed by atoms with E-state index < -0.39 is 24.0 Å². The Morgan fingerprint density at radius 2 is 1.55 bits per heavy atom. The molecule has 164 valence electrons. The van der Waals surface area contributed by atoms with E-state index in [0.29, 0.717) is 0 Å². The van der Waals surface area contributed by atoms with Gasteiger partial charge >= 0.3 is 12.2 Å². The highest BCUT2D eigenvalue weighted by Crippen LogP contribution is 2.44. The summed E-state index contributed by atoms with van der Waals surface area (Å²) >= 11 is 0. The molecule has 1 N–H and O–H groups in total. The molecule has 1 heterocycles. The van der Waals surface area contributed by atoms with E-state index in [4.69, 9.17) is 9.47 Å². The summed E-state index contributed by atoms with van der Waals surface area (Å²) in [6, 6.07) is 16.3. The first kappa shape index (κ1) is 21.2. The molecule has 7 heteroatoms. The van der Waals surface area contributed by atoms with Crippen molar-refractivity contribution >= 4 is 12.2 Å². The Morgan fingerprint density at radius 1 is 0.968 bits per heavy atom. The summed E-state index contributed by atoms with van der Waals surface area (Å²) in [5.41, 5.74) is 3.97. The summed E-state index contributed by atoms with van der Waals surface area (Å²) in [7, 11) is 0. The van der Waals surface area contributed by atoms with Crippen LogP contribution in [0, 0.1) is 0 Å². The topological polar surface area (TPSA) is 79.3 Å². The lowest BCUT2D eigenvalue weighted by Gasteiger charge is -2.38. The molecule has 0 radical (unpaired) electrons. The largest absolute Gasteiger partial charge is 0.448 e. The smallest absolute Gasteiger partial charge is 0.412 e. The molecule has 1 atom stereocenters. The molecule has 2 aromatic carbocycles. The van der Waals surface area contributed by atoms with Gasteiger partial charge in [-0.25, -0.2) is 9.59 Å². The molecule has 2 aromatic rings. The number of aliphatic hydroxyl groups excluding tert-OH is 1. The number of hydrogen-bond acceptors (Lipinski definition) is 5. The van der Waals surface area contributed by atoms with Crippen LogP contribution in [0.15, 0.2) is 48.5 Å². The lowest BCUT2D eigenvalue weighted by Crippen LogP contribution is -2.57. The molecule has 0 bridgehead atoms. The molecule has 1 aliphatic heterocycles. The highest BCUT2D eigenvalue weighted by molar-refractivity contribution is 5.79. The Morgan fingerprint density at radius 3 is 2.10 bits per heavy atom. The Balaban J connectivity index is 1.38. The van der Waals surface area contributed by atoms with Crippen molar-refractivity contribution in [3.05, 3.63) is 59.7 Å². The van der Waals surface area contributed by atoms with Crippen LogP contribution in [0.1, 0.15) is 37.8 Å². The van der Waals surface area contributed by atoms with Crippen molar-refractivity contribution in [3.8, 4) is 11.1 Å². The lowest BCUT2D eigenvalue weighted by atomic mass is 9.98. The van der Waals surface area contributed by atoms with Gasteiger partial charge in [-0.1, -0.05) is 48.5 Å². The van der Waals surface area contributed by atoms with Crippen LogP contribution in [0.2, 0.25) is 0 Å². The molecule has 0 saturated carbocycles. The molecular weight excluding hydrogens is 396 g/mol. The van der Waals surface area contributed by atoms with Gasteiger partial charge in [-0.3, -0.25) is 4.90 Å². The van der Waals surface area contributed by atoms with E-state index in [0.717, 1.165) is 11.1 Å². The summed E-state index contributed by atoms with van der Waals surface area (Å²) in [5.74, 6) is -0.0238. The molecule has 4 rings (SSSR count). The second-order valence-electron chi connectivity index (χ2n) is 8.90. The number of piperazine rings is 1. The number of rotatable bonds is 2. The molecule has 1 aliphatic carbocycles. The number of carbonyl (C=O) groups excluding carboxylic acids is 2. The minimum absolute atomic E-state index is 0.0179. The number of hydrogen-bond donors (Lipinski definition) is 1.